The number of anilines is 1. The monoisotopic (exact) mass is 299 g/mol. The van der Waals surface area contributed by atoms with Crippen LogP contribution < -0.4 is 5.73 Å². The molecule has 3 nitrogen and oxygen atoms in total. The van der Waals surface area contributed by atoms with Crippen molar-refractivity contribution in [1.82, 2.24) is 9.97 Å². The summed E-state index contributed by atoms with van der Waals surface area (Å²) in [7, 11) is 0. The molecule has 0 aliphatic heterocycles. The molecule has 2 N–H and O–H groups in total. The van der Waals surface area contributed by atoms with Crippen LogP contribution in [-0.4, -0.2) is 9.97 Å². The van der Waals surface area contributed by atoms with Crippen molar-refractivity contribution in [3.63, 3.8) is 0 Å². The molecule has 0 unspecified atom stereocenters. The molecular weight excluding hydrogens is 292 g/mol. The SMILES string of the molecule is Nc1nc(Cc2ccc(F)cc2F)ncc1Br. The minimum atomic E-state index is -0.616. The second kappa shape index (κ2) is 4.75. The lowest BCUT2D eigenvalue weighted by Crippen LogP contribution is -2.02. The van der Waals surface area contributed by atoms with Gasteiger partial charge >= 0.3 is 0 Å². The third-order valence-electron chi connectivity index (χ3n) is 2.18. The Morgan fingerprint density at radius 1 is 1.29 bits per heavy atom. The molecule has 0 atom stereocenters. The zero-order valence-corrected chi connectivity index (χ0v) is 10.2. The predicted molar refractivity (Wildman–Crippen MR) is 63.3 cm³/mol. The Morgan fingerprint density at radius 2 is 2.06 bits per heavy atom. The Kier molecular flexibility index (Phi) is 3.33. The first-order valence-electron chi connectivity index (χ1n) is 4.77. The van der Waals surface area contributed by atoms with Crippen LogP contribution in [0.15, 0.2) is 28.9 Å². The summed E-state index contributed by atoms with van der Waals surface area (Å²) in [6, 6.07) is 3.39. The molecule has 0 saturated carbocycles. The van der Waals surface area contributed by atoms with Gasteiger partial charge in [0.2, 0.25) is 0 Å². The maximum atomic E-state index is 13.4. The van der Waals surface area contributed by atoms with Gasteiger partial charge in [0.05, 0.1) is 4.47 Å². The lowest BCUT2D eigenvalue weighted by atomic mass is 10.1. The largest absolute Gasteiger partial charge is 0.383 e. The van der Waals surface area contributed by atoms with Gasteiger partial charge in [0.1, 0.15) is 23.3 Å². The number of hydrogen-bond donors (Lipinski definition) is 1. The first-order valence-corrected chi connectivity index (χ1v) is 5.56. The van der Waals surface area contributed by atoms with E-state index in [1.54, 1.807) is 0 Å². The van der Waals surface area contributed by atoms with Gasteiger partial charge < -0.3 is 5.73 Å². The van der Waals surface area contributed by atoms with Crippen LogP contribution in [0.4, 0.5) is 14.6 Å². The number of aromatic nitrogens is 2. The summed E-state index contributed by atoms with van der Waals surface area (Å²) in [5.74, 6) is -0.550. The molecule has 0 aliphatic rings. The molecule has 0 radical (unpaired) electrons. The number of nitrogens with zero attached hydrogens (tertiary/aromatic N) is 2. The Balaban J connectivity index is 2.28. The van der Waals surface area contributed by atoms with Crippen LogP contribution in [0, 0.1) is 11.6 Å². The maximum Gasteiger partial charge on any atom is 0.141 e. The highest BCUT2D eigenvalue weighted by molar-refractivity contribution is 9.10. The quantitative estimate of drug-likeness (QED) is 0.927. The summed E-state index contributed by atoms with van der Waals surface area (Å²) in [4.78, 5) is 7.99. The first kappa shape index (κ1) is 11.9. The minimum Gasteiger partial charge on any atom is -0.383 e. The summed E-state index contributed by atoms with van der Waals surface area (Å²) in [6.07, 6.45) is 1.67. The van der Waals surface area contributed by atoms with Crippen molar-refractivity contribution in [2.24, 2.45) is 0 Å². The van der Waals surface area contributed by atoms with E-state index in [0.717, 1.165) is 6.07 Å². The van der Waals surface area contributed by atoms with Crippen LogP contribution in [0.5, 0.6) is 0 Å². The zero-order chi connectivity index (χ0) is 12.4. The highest BCUT2D eigenvalue weighted by atomic mass is 79.9. The molecule has 88 valence electrons. The number of hydrogen-bond acceptors (Lipinski definition) is 3. The second-order valence-corrected chi connectivity index (χ2v) is 4.29. The van der Waals surface area contributed by atoms with Gasteiger partial charge in [-0.05, 0) is 27.6 Å². The second-order valence-electron chi connectivity index (χ2n) is 3.43. The average molecular weight is 300 g/mol. The maximum absolute atomic E-state index is 13.4. The number of nitrogen functional groups attached to an aromatic ring is 1. The van der Waals surface area contributed by atoms with Crippen LogP contribution in [0.2, 0.25) is 0 Å². The van der Waals surface area contributed by atoms with E-state index in [9.17, 15) is 8.78 Å². The Labute approximate surface area is 105 Å². The van der Waals surface area contributed by atoms with Gasteiger partial charge in [0.25, 0.3) is 0 Å². The van der Waals surface area contributed by atoms with Gasteiger partial charge in [-0.15, -0.1) is 0 Å². The van der Waals surface area contributed by atoms with Crippen LogP contribution in [0.3, 0.4) is 0 Å². The van der Waals surface area contributed by atoms with Crippen LogP contribution in [0.25, 0.3) is 0 Å². The standard InChI is InChI=1S/C11H8BrF2N3/c12-8-5-16-10(17-11(8)15)3-6-1-2-7(13)4-9(6)14/h1-2,4-5H,3H2,(H2,15,16,17). The van der Waals surface area contributed by atoms with Gasteiger partial charge in [0, 0.05) is 18.7 Å². The van der Waals surface area contributed by atoms with E-state index in [1.807, 2.05) is 0 Å². The van der Waals surface area contributed by atoms with Crippen LogP contribution in [0.1, 0.15) is 11.4 Å². The molecular formula is C11H8BrF2N3. The van der Waals surface area contributed by atoms with Gasteiger partial charge in [-0.1, -0.05) is 6.07 Å². The lowest BCUT2D eigenvalue weighted by Gasteiger charge is -2.04. The molecule has 0 aliphatic carbocycles. The predicted octanol–water partition coefficient (Wildman–Crippen LogP) is 2.69. The summed E-state index contributed by atoms with van der Waals surface area (Å²) < 4.78 is 26.7. The van der Waals surface area contributed by atoms with Crippen molar-refractivity contribution < 1.29 is 8.78 Å². The van der Waals surface area contributed by atoms with Gasteiger partial charge in [-0.25, -0.2) is 18.7 Å². The molecule has 0 bridgehead atoms. The minimum absolute atomic E-state index is 0.170. The highest BCUT2D eigenvalue weighted by Gasteiger charge is 2.08. The third kappa shape index (κ3) is 2.76. The molecule has 1 heterocycles. The Bertz CT molecular complexity index is 560. The topological polar surface area (TPSA) is 51.8 Å². The Morgan fingerprint density at radius 3 is 2.71 bits per heavy atom. The molecule has 1 aromatic carbocycles. The summed E-state index contributed by atoms with van der Waals surface area (Å²) in [5, 5.41) is 0. The number of nitrogens with two attached hydrogens (primary N) is 1. The molecule has 0 saturated heterocycles. The smallest absolute Gasteiger partial charge is 0.141 e. The molecule has 1 aromatic heterocycles. The molecule has 0 amide bonds. The number of benzene rings is 1. The van der Waals surface area contributed by atoms with Gasteiger partial charge in [-0.3, -0.25) is 0 Å². The van der Waals surface area contributed by atoms with E-state index in [4.69, 9.17) is 5.73 Å². The molecule has 6 heteroatoms. The lowest BCUT2D eigenvalue weighted by molar-refractivity contribution is 0.573. The van der Waals surface area contributed by atoms with Crippen molar-refractivity contribution in [1.29, 1.82) is 0 Å². The van der Waals surface area contributed by atoms with Gasteiger partial charge in [0.15, 0.2) is 0 Å². The molecule has 17 heavy (non-hydrogen) atoms. The summed E-state index contributed by atoms with van der Waals surface area (Å²) >= 11 is 3.17. The fourth-order valence-corrected chi connectivity index (χ4v) is 1.53. The van der Waals surface area contributed by atoms with Crippen molar-refractivity contribution in [3.8, 4) is 0 Å². The normalized spacial score (nSPS) is 10.5. The molecule has 2 rings (SSSR count). The van der Waals surface area contributed by atoms with Gasteiger partial charge in [-0.2, -0.15) is 0 Å². The van der Waals surface area contributed by atoms with Crippen LogP contribution in [-0.2, 0) is 6.42 Å². The van der Waals surface area contributed by atoms with Crippen molar-refractivity contribution in [3.05, 3.63) is 51.9 Å². The summed E-state index contributed by atoms with van der Waals surface area (Å²) in [6.45, 7) is 0. The highest BCUT2D eigenvalue weighted by Crippen LogP contribution is 2.17. The first-order chi connectivity index (χ1) is 8.06. The molecule has 0 fully saturated rings. The van der Waals surface area contributed by atoms with Crippen molar-refractivity contribution in [2.45, 2.75) is 6.42 Å². The van der Waals surface area contributed by atoms with E-state index >= 15 is 0 Å². The summed E-state index contributed by atoms with van der Waals surface area (Å²) in [5.41, 5.74) is 5.91. The molecule has 2 aromatic rings. The van der Waals surface area contributed by atoms with E-state index in [1.165, 1.54) is 18.3 Å². The zero-order valence-electron chi connectivity index (χ0n) is 8.62. The van der Waals surface area contributed by atoms with E-state index in [2.05, 4.69) is 25.9 Å². The number of rotatable bonds is 2. The average Bonchev–Trinajstić information content (AvgIpc) is 2.27. The van der Waals surface area contributed by atoms with E-state index in [-0.39, 0.29) is 12.2 Å². The van der Waals surface area contributed by atoms with E-state index in [0.29, 0.717) is 15.9 Å². The van der Waals surface area contributed by atoms with Crippen molar-refractivity contribution >= 4 is 21.7 Å². The van der Waals surface area contributed by atoms with E-state index < -0.39 is 11.6 Å². The number of halogens is 3. The third-order valence-corrected chi connectivity index (χ3v) is 2.80. The Hall–Kier alpha value is -1.56. The fourth-order valence-electron chi connectivity index (χ4n) is 1.34. The fraction of sp³-hybridized carbons (Fsp3) is 0.0909. The van der Waals surface area contributed by atoms with Crippen LogP contribution >= 0.6 is 15.9 Å². The van der Waals surface area contributed by atoms with Crippen molar-refractivity contribution in [2.75, 3.05) is 5.73 Å². The molecule has 0 spiro atoms.